The van der Waals surface area contributed by atoms with Gasteiger partial charge < -0.3 is 9.84 Å². The van der Waals surface area contributed by atoms with Crippen LogP contribution in [-0.4, -0.2) is 23.8 Å². The Kier molecular flexibility index (Phi) is 3.60. The number of ether oxygens (including phenoxy) is 1. The van der Waals surface area contributed by atoms with Crippen LogP contribution in [0.4, 0.5) is 14.9 Å². The molecule has 0 heterocycles. The molecule has 5 heteroatoms. The first kappa shape index (κ1) is 13.3. The summed E-state index contributed by atoms with van der Waals surface area (Å²) in [6.45, 7) is 5.16. The number of hydrogen-bond acceptors (Lipinski definition) is 3. The molecule has 0 radical (unpaired) electrons. The first-order valence-electron chi connectivity index (χ1n) is 5.16. The van der Waals surface area contributed by atoms with Gasteiger partial charge in [-0.2, -0.15) is 0 Å². The summed E-state index contributed by atoms with van der Waals surface area (Å²) >= 11 is 0. The van der Waals surface area contributed by atoms with Gasteiger partial charge in [0.2, 0.25) is 0 Å². The molecule has 0 saturated heterocycles. The van der Waals surface area contributed by atoms with Crippen LogP contribution in [0, 0.1) is 5.82 Å². The molecule has 4 nitrogen and oxygen atoms in total. The molecule has 0 aromatic heterocycles. The van der Waals surface area contributed by atoms with Gasteiger partial charge in [0.25, 0.3) is 0 Å². The number of aromatic hydroxyl groups is 1. The van der Waals surface area contributed by atoms with E-state index in [0.717, 1.165) is 11.0 Å². The molecule has 0 aliphatic heterocycles. The zero-order valence-corrected chi connectivity index (χ0v) is 10.3. The van der Waals surface area contributed by atoms with E-state index in [1.54, 1.807) is 20.8 Å². The van der Waals surface area contributed by atoms with Crippen molar-refractivity contribution in [2.24, 2.45) is 0 Å². The quantitative estimate of drug-likeness (QED) is 0.822. The molecule has 94 valence electrons. The predicted octanol–water partition coefficient (Wildman–Crippen LogP) is 2.90. The maximum Gasteiger partial charge on any atom is 0.414 e. The summed E-state index contributed by atoms with van der Waals surface area (Å²) in [6.07, 6.45) is -0.679. The van der Waals surface area contributed by atoms with Gasteiger partial charge >= 0.3 is 6.09 Å². The van der Waals surface area contributed by atoms with Gasteiger partial charge in [0.15, 0.2) is 0 Å². The minimum absolute atomic E-state index is 0.0285. The van der Waals surface area contributed by atoms with E-state index in [9.17, 15) is 14.3 Å². The van der Waals surface area contributed by atoms with Crippen LogP contribution in [0.5, 0.6) is 5.75 Å². The SMILES string of the molecule is CN(C(=O)OC(C)(C)C)c1cc(O)ccc1F. The van der Waals surface area contributed by atoms with E-state index in [1.165, 1.54) is 19.2 Å². The van der Waals surface area contributed by atoms with Crippen molar-refractivity contribution in [1.82, 2.24) is 0 Å². The fourth-order valence-electron chi connectivity index (χ4n) is 1.19. The number of hydrogen-bond donors (Lipinski definition) is 1. The summed E-state index contributed by atoms with van der Waals surface area (Å²) < 4.78 is 18.5. The Morgan fingerprint density at radius 1 is 1.41 bits per heavy atom. The fourth-order valence-corrected chi connectivity index (χ4v) is 1.19. The molecule has 0 spiro atoms. The van der Waals surface area contributed by atoms with Crippen LogP contribution in [0.3, 0.4) is 0 Å². The maximum absolute atomic E-state index is 13.5. The van der Waals surface area contributed by atoms with Crippen LogP contribution in [-0.2, 0) is 4.74 Å². The van der Waals surface area contributed by atoms with Gasteiger partial charge in [-0.15, -0.1) is 0 Å². The van der Waals surface area contributed by atoms with Crippen LogP contribution in [0.1, 0.15) is 20.8 Å². The van der Waals surface area contributed by atoms with Crippen LogP contribution < -0.4 is 4.90 Å². The normalized spacial score (nSPS) is 11.1. The molecular formula is C12H16FNO3. The standard InChI is InChI=1S/C12H16FNO3/c1-12(2,3)17-11(16)14(4)10-7-8(15)5-6-9(10)13/h5-7,15H,1-4H3. The summed E-state index contributed by atoms with van der Waals surface area (Å²) in [7, 11) is 1.38. The molecule has 17 heavy (non-hydrogen) atoms. The minimum Gasteiger partial charge on any atom is -0.508 e. The number of benzene rings is 1. The number of rotatable bonds is 1. The second kappa shape index (κ2) is 4.61. The number of anilines is 1. The van der Waals surface area contributed by atoms with Crippen molar-refractivity contribution in [2.45, 2.75) is 26.4 Å². The number of carbonyl (C=O) groups is 1. The second-order valence-corrected chi connectivity index (χ2v) is 4.68. The lowest BCUT2D eigenvalue weighted by molar-refractivity contribution is 0.0588. The Labute approximate surface area is 99.6 Å². The summed E-state index contributed by atoms with van der Waals surface area (Å²) in [5.74, 6) is -0.715. The predicted molar refractivity (Wildman–Crippen MR) is 62.7 cm³/mol. The first-order chi connectivity index (χ1) is 7.70. The van der Waals surface area contributed by atoms with E-state index in [0.29, 0.717) is 0 Å². The molecule has 0 aliphatic rings. The van der Waals surface area contributed by atoms with Gasteiger partial charge in [-0.05, 0) is 32.9 Å². The third kappa shape index (κ3) is 3.62. The zero-order chi connectivity index (χ0) is 13.2. The van der Waals surface area contributed by atoms with E-state index in [2.05, 4.69) is 0 Å². The number of halogens is 1. The van der Waals surface area contributed by atoms with E-state index in [4.69, 9.17) is 4.74 Å². The third-order valence-corrected chi connectivity index (χ3v) is 1.96. The van der Waals surface area contributed by atoms with E-state index in [-0.39, 0.29) is 11.4 Å². The fraction of sp³-hybridized carbons (Fsp3) is 0.417. The highest BCUT2D eigenvalue weighted by atomic mass is 19.1. The smallest absolute Gasteiger partial charge is 0.414 e. The highest BCUT2D eigenvalue weighted by Crippen LogP contribution is 2.24. The lowest BCUT2D eigenvalue weighted by atomic mass is 10.2. The molecular weight excluding hydrogens is 225 g/mol. The Bertz CT molecular complexity index is 426. The van der Waals surface area contributed by atoms with E-state index < -0.39 is 17.5 Å². The summed E-state index contributed by atoms with van der Waals surface area (Å²) in [6, 6.07) is 3.46. The van der Waals surface area contributed by atoms with Gasteiger partial charge in [0, 0.05) is 13.1 Å². The summed E-state index contributed by atoms with van der Waals surface area (Å²) in [5, 5.41) is 9.26. The molecule has 0 fully saturated rings. The van der Waals surface area contributed by atoms with Crippen molar-refractivity contribution in [3.8, 4) is 5.75 Å². The number of phenols is 1. The van der Waals surface area contributed by atoms with Crippen LogP contribution >= 0.6 is 0 Å². The maximum atomic E-state index is 13.5. The Morgan fingerprint density at radius 3 is 2.53 bits per heavy atom. The molecule has 0 unspecified atom stereocenters. The van der Waals surface area contributed by atoms with Crippen LogP contribution in [0.2, 0.25) is 0 Å². The van der Waals surface area contributed by atoms with Gasteiger partial charge in [0.05, 0.1) is 5.69 Å². The zero-order valence-electron chi connectivity index (χ0n) is 10.3. The molecule has 1 amide bonds. The number of amides is 1. The third-order valence-electron chi connectivity index (χ3n) is 1.96. The average Bonchev–Trinajstić information content (AvgIpc) is 2.18. The highest BCUT2D eigenvalue weighted by molar-refractivity contribution is 5.87. The van der Waals surface area contributed by atoms with Crippen molar-refractivity contribution in [3.63, 3.8) is 0 Å². The number of nitrogens with zero attached hydrogens (tertiary/aromatic N) is 1. The highest BCUT2D eigenvalue weighted by Gasteiger charge is 2.22. The molecule has 0 atom stereocenters. The van der Waals surface area contributed by atoms with Crippen LogP contribution in [0.15, 0.2) is 18.2 Å². The first-order valence-corrected chi connectivity index (χ1v) is 5.16. The molecule has 0 aliphatic carbocycles. The van der Waals surface area contributed by atoms with E-state index in [1.807, 2.05) is 0 Å². The lowest BCUT2D eigenvalue weighted by Gasteiger charge is -2.24. The molecule has 1 N–H and O–H groups in total. The van der Waals surface area contributed by atoms with Crippen molar-refractivity contribution in [2.75, 3.05) is 11.9 Å². The summed E-state index contributed by atoms with van der Waals surface area (Å²) in [4.78, 5) is 12.7. The van der Waals surface area contributed by atoms with Crippen molar-refractivity contribution in [1.29, 1.82) is 0 Å². The Balaban J connectivity index is 2.92. The molecule has 0 saturated carbocycles. The van der Waals surface area contributed by atoms with Gasteiger partial charge in [-0.25, -0.2) is 9.18 Å². The minimum atomic E-state index is -0.679. The van der Waals surface area contributed by atoms with Gasteiger partial charge in [0.1, 0.15) is 17.2 Å². The van der Waals surface area contributed by atoms with Gasteiger partial charge in [-0.1, -0.05) is 0 Å². The monoisotopic (exact) mass is 241 g/mol. The average molecular weight is 241 g/mol. The van der Waals surface area contributed by atoms with Crippen molar-refractivity contribution < 1.29 is 19.0 Å². The molecule has 0 bridgehead atoms. The van der Waals surface area contributed by atoms with Crippen molar-refractivity contribution in [3.05, 3.63) is 24.0 Å². The molecule has 1 aromatic carbocycles. The Morgan fingerprint density at radius 2 is 2.00 bits per heavy atom. The largest absolute Gasteiger partial charge is 0.508 e. The van der Waals surface area contributed by atoms with E-state index >= 15 is 0 Å². The summed E-state index contributed by atoms with van der Waals surface area (Å²) in [5.41, 5.74) is -0.683. The van der Waals surface area contributed by atoms with Crippen LogP contribution in [0.25, 0.3) is 0 Å². The Hall–Kier alpha value is -1.78. The number of phenolic OH excluding ortho intramolecular Hbond substituents is 1. The number of carbonyl (C=O) groups excluding carboxylic acids is 1. The topological polar surface area (TPSA) is 49.8 Å². The molecule has 1 aromatic rings. The van der Waals surface area contributed by atoms with Gasteiger partial charge in [-0.3, -0.25) is 4.90 Å². The second-order valence-electron chi connectivity index (χ2n) is 4.68. The van der Waals surface area contributed by atoms with Crippen molar-refractivity contribution >= 4 is 11.8 Å². The molecule has 1 rings (SSSR count). The lowest BCUT2D eigenvalue weighted by Crippen LogP contribution is -2.34.